The fraction of sp³-hybridized carbons (Fsp3) is 0.833. The Morgan fingerprint density at radius 2 is 0.909 bits per heavy atom. The van der Waals surface area contributed by atoms with Crippen molar-refractivity contribution in [1.82, 2.24) is 0 Å². The second-order valence-electron chi connectivity index (χ2n) is 3.83. The van der Waals surface area contributed by atoms with E-state index >= 15 is 0 Å². The Morgan fingerprint density at radius 1 is 0.682 bits per heavy atom. The highest BCUT2D eigenvalue weighted by Crippen LogP contribution is 2.66. The summed E-state index contributed by atoms with van der Waals surface area (Å²) in [5.41, 5.74) is 0. The molecule has 22 heavy (non-hydrogen) atoms. The van der Waals surface area contributed by atoms with Crippen molar-refractivity contribution in [2.75, 3.05) is 37.1 Å². The van der Waals surface area contributed by atoms with Crippen LogP contribution in [0, 0.1) is 0 Å². The van der Waals surface area contributed by atoms with Crippen LogP contribution in [0.15, 0.2) is 10.6 Å². The maximum Gasteiger partial charge on any atom is 0.358 e. The van der Waals surface area contributed by atoms with E-state index in [1.807, 2.05) is 0 Å². The molecule has 0 aromatic rings. The molecule has 0 aromatic heterocycles. The van der Waals surface area contributed by atoms with Gasteiger partial charge in [0.1, 0.15) is 0 Å². The Kier molecular flexibility index (Phi) is 12.1. The molecule has 0 spiro atoms. The summed E-state index contributed by atoms with van der Waals surface area (Å²) in [7, 11) is -7.15. The van der Waals surface area contributed by atoms with Crippen molar-refractivity contribution in [3.8, 4) is 0 Å². The Bertz CT molecular complexity index is 395. The van der Waals surface area contributed by atoms with E-state index in [1.165, 1.54) is 0 Å². The molecule has 0 aliphatic rings. The van der Waals surface area contributed by atoms with Crippen LogP contribution in [0.1, 0.15) is 27.7 Å². The molecule has 0 unspecified atom stereocenters. The van der Waals surface area contributed by atoms with Gasteiger partial charge in [0, 0.05) is 10.7 Å². The first-order valence-corrected chi connectivity index (χ1v) is 12.3. The third-order valence-electron chi connectivity index (χ3n) is 2.44. The van der Waals surface area contributed by atoms with Crippen molar-refractivity contribution in [3.63, 3.8) is 0 Å². The van der Waals surface area contributed by atoms with E-state index in [2.05, 4.69) is 31.9 Å². The lowest BCUT2D eigenvalue weighted by Gasteiger charge is -2.25. The number of halogens is 2. The summed E-state index contributed by atoms with van der Waals surface area (Å²) >= 11 is 6.57. The van der Waals surface area contributed by atoms with Crippen LogP contribution >= 0.6 is 47.1 Å². The first-order chi connectivity index (χ1) is 10.4. The van der Waals surface area contributed by atoms with Crippen LogP contribution in [0.4, 0.5) is 0 Å². The molecule has 132 valence electrons. The van der Waals surface area contributed by atoms with E-state index in [-0.39, 0.29) is 47.7 Å². The molecule has 0 fully saturated rings. The topological polar surface area (TPSA) is 71.1 Å². The lowest BCUT2D eigenvalue weighted by molar-refractivity contribution is 0.221. The fourth-order valence-corrected chi connectivity index (χ4v) is 8.59. The third kappa shape index (κ3) is 6.14. The normalized spacial score (nSPS) is 14.1. The molecule has 0 N–H and O–H groups in total. The first kappa shape index (κ1) is 23.0. The molecule has 0 atom stereocenters. The zero-order chi connectivity index (χ0) is 17.2. The summed E-state index contributed by atoms with van der Waals surface area (Å²) in [5, 5.41) is 0.904. The maximum atomic E-state index is 13.0. The molecule has 0 radical (unpaired) electrons. The highest BCUT2D eigenvalue weighted by atomic mass is 79.9. The Hall–Kier alpha value is 1.00. The molecular formula is C12H24Br2O6P2. The van der Waals surface area contributed by atoms with E-state index in [0.29, 0.717) is 0 Å². The fourth-order valence-electron chi connectivity index (χ4n) is 1.68. The van der Waals surface area contributed by atoms with E-state index in [4.69, 9.17) is 18.1 Å². The summed E-state index contributed by atoms with van der Waals surface area (Å²) in [6.45, 7) is 7.69. The maximum absolute atomic E-state index is 13.0. The zero-order valence-corrected chi connectivity index (χ0v) is 18.3. The number of allylic oxidation sites excluding steroid dienone is 2. The smallest absolute Gasteiger partial charge is 0.306 e. The van der Waals surface area contributed by atoms with Crippen LogP contribution in [-0.2, 0) is 27.2 Å². The number of alkyl halides is 2. The number of rotatable bonds is 12. The van der Waals surface area contributed by atoms with Crippen molar-refractivity contribution in [2.24, 2.45) is 0 Å². The molecule has 0 aliphatic carbocycles. The van der Waals surface area contributed by atoms with Crippen LogP contribution in [0.5, 0.6) is 0 Å². The van der Waals surface area contributed by atoms with Gasteiger partial charge >= 0.3 is 15.2 Å². The standard InChI is InChI=1S/C12H24Br2O6P2/c1-5-17-21(15,18-6-2)11(9-13)12(10-14)22(16,19-7-3)20-8-4/h5-10H2,1-4H3/b12-11+. The quantitative estimate of drug-likeness (QED) is 0.268. The highest BCUT2D eigenvalue weighted by Gasteiger charge is 2.39. The summed E-state index contributed by atoms with van der Waals surface area (Å²) in [5.74, 6) is 0. The predicted octanol–water partition coefficient (Wildman–Crippen LogP) is 5.52. The van der Waals surface area contributed by atoms with Gasteiger partial charge in [0.25, 0.3) is 0 Å². The molecule has 6 nitrogen and oxygen atoms in total. The van der Waals surface area contributed by atoms with Crippen molar-refractivity contribution in [2.45, 2.75) is 27.7 Å². The monoisotopic (exact) mass is 484 g/mol. The van der Waals surface area contributed by atoms with Crippen molar-refractivity contribution < 1.29 is 27.2 Å². The van der Waals surface area contributed by atoms with Crippen LogP contribution in [0.3, 0.4) is 0 Å². The predicted molar refractivity (Wildman–Crippen MR) is 96.3 cm³/mol. The number of hydrogen-bond acceptors (Lipinski definition) is 6. The minimum absolute atomic E-state index is 0.176. The average molecular weight is 486 g/mol. The first-order valence-electron chi connectivity index (χ1n) is 7.02. The van der Waals surface area contributed by atoms with Crippen molar-refractivity contribution >= 4 is 47.1 Å². The lowest BCUT2D eigenvalue weighted by Crippen LogP contribution is -2.07. The molecule has 0 heterocycles. The van der Waals surface area contributed by atoms with E-state index in [0.717, 1.165) is 0 Å². The van der Waals surface area contributed by atoms with E-state index in [1.54, 1.807) is 27.7 Å². The summed E-state index contributed by atoms with van der Waals surface area (Å²) in [6, 6.07) is 0. The SMILES string of the molecule is CCOP(=O)(OCC)/C(CBr)=C(\CBr)P(=O)(OCC)OCC. The highest BCUT2D eigenvalue weighted by molar-refractivity contribution is 9.09. The molecule has 0 aliphatic heterocycles. The molecule has 0 saturated carbocycles. The van der Waals surface area contributed by atoms with Crippen LogP contribution in [0.25, 0.3) is 0 Å². The number of hydrogen-bond donors (Lipinski definition) is 0. The van der Waals surface area contributed by atoms with Gasteiger partial charge < -0.3 is 18.1 Å². The molecule has 10 heteroatoms. The van der Waals surface area contributed by atoms with Gasteiger partial charge in [-0.1, -0.05) is 31.9 Å². The van der Waals surface area contributed by atoms with Gasteiger partial charge in [0.2, 0.25) is 0 Å². The second kappa shape index (κ2) is 11.5. The third-order valence-corrected chi connectivity index (χ3v) is 9.18. The van der Waals surface area contributed by atoms with Crippen LogP contribution < -0.4 is 0 Å². The Morgan fingerprint density at radius 3 is 1.05 bits per heavy atom. The molecule has 0 bridgehead atoms. The Balaban J connectivity index is 6.15. The molecule has 0 amide bonds. The largest absolute Gasteiger partial charge is 0.358 e. The summed E-state index contributed by atoms with van der Waals surface area (Å²) < 4.78 is 47.4. The van der Waals surface area contributed by atoms with Gasteiger partial charge in [-0.05, 0) is 27.7 Å². The summed E-state index contributed by atoms with van der Waals surface area (Å²) in [4.78, 5) is 0. The van der Waals surface area contributed by atoms with E-state index < -0.39 is 15.2 Å². The van der Waals surface area contributed by atoms with Gasteiger partial charge in [0.05, 0.1) is 37.1 Å². The minimum Gasteiger partial charge on any atom is -0.306 e. The van der Waals surface area contributed by atoms with Crippen molar-refractivity contribution in [3.05, 3.63) is 10.6 Å². The molecule has 0 aromatic carbocycles. The van der Waals surface area contributed by atoms with Crippen LogP contribution in [0.2, 0.25) is 0 Å². The van der Waals surface area contributed by atoms with E-state index in [9.17, 15) is 9.13 Å². The lowest BCUT2D eigenvalue weighted by atomic mass is 10.6. The van der Waals surface area contributed by atoms with Crippen LogP contribution in [-0.4, -0.2) is 37.1 Å². The summed E-state index contributed by atoms with van der Waals surface area (Å²) in [6.07, 6.45) is 0. The molecular weight excluding hydrogens is 462 g/mol. The Labute approximate surface area is 149 Å². The molecule has 0 rings (SSSR count). The van der Waals surface area contributed by atoms with Crippen molar-refractivity contribution in [1.29, 1.82) is 0 Å². The van der Waals surface area contributed by atoms with Gasteiger partial charge in [-0.15, -0.1) is 0 Å². The van der Waals surface area contributed by atoms with Gasteiger partial charge in [0.15, 0.2) is 0 Å². The molecule has 0 saturated heterocycles. The van der Waals surface area contributed by atoms with Gasteiger partial charge in [-0.3, -0.25) is 9.13 Å². The second-order valence-corrected chi connectivity index (χ2v) is 9.05. The van der Waals surface area contributed by atoms with Gasteiger partial charge in [-0.2, -0.15) is 0 Å². The van der Waals surface area contributed by atoms with Gasteiger partial charge in [-0.25, -0.2) is 0 Å². The zero-order valence-electron chi connectivity index (χ0n) is 13.3. The minimum atomic E-state index is -3.58. The average Bonchev–Trinajstić information content (AvgIpc) is 2.45.